The largest absolute Gasteiger partial charge is 0.409 e. The predicted octanol–water partition coefficient (Wildman–Crippen LogP) is 1.37. The molecule has 0 saturated carbocycles. The van der Waals surface area contributed by atoms with Crippen molar-refractivity contribution in [3.63, 3.8) is 0 Å². The van der Waals surface area contributed by atoms with Crippen molar-refractivity contribution in [3.05, 3.63) is 35.7 Å². The minimum atomic E-state index is 0.0865. The summed E-state index contributed by atoms with van der Waals surface area (Å²) < 4.78 is 1.81. The van der Waals surface area contributed by atoms with E-state index in [1.165, 1.54) is 11.8 Å². The molecule has 0 radical (unpaired) electrons. The van der Waals surface area contributed by atoms with Crippen LogP contribution >= 0.6 is 11.8 Å². The van der Waals surface area contributed by atoms with Crippen LogP contribution in [0.4, 0.5) is 0 Å². The molecule has 0 amide bonds. The highest BCUT2D eigenvalue weighted by molar-refractivity contribution is 7.99. The third-order valence-corrected chi connectivity index (χ3v) is 3.52. The Morgan fingerprint density at radius 3 is 2.89 bits per heavy atom. The average Bonchev–Trinajstić information content (AvgIpc) is 2.76. The number of amidine groups is 1. The summed E-state index contributed by atoms with van der Waals surface area (Å²) in [5.74, 6) is 0.0865. The van der Waals surface area contributed by atoms with Crippen molar-refractivity contribution >= 4 is 17.6 Å². The van der Waals surface area contributed by atoms with Gasteiger partial charge in [0.2, 0.25) is 0 Å². The number of benzene rings is 1. The van der Waals surface area contributed by atoms with Crippen LogP contribution in [0.15, 0.2) is 39.7 Å². The van der Waals surface area contributed by atoms with E-state index < -0.39 is 0 Å². The molecule has 0 unspecified atom stereocenters. The molecule has 2 rings (SSSR count). The van der Waals surface area contributed by atoms with Gasteiger partial charge in [0.05, 0.1) is 0 Å². The number of rotatable bonds is 3. The Hall–Kier alpha value is -2.02. The zero-order chi connectivity index (χ0) is 13.1. The lowest BCUT2D eigenvalue weighted by Crippen LogP contribution is -2.14. The molecule has 1 heterocycles. The van der Waals surface area contributed by atoms with Crippen molar-refractivity contribution in [1.82, 2.24) is 14.8 Å². The molecular formula is C11H13N5OS. The Morgan fingerprint density at radius 2 is 2.28 bits per heavy atom. The lowest BCUT2D eigenvalue weighted by Gasteiger charge is -2.08. The molecule has 7 heteroatoms. The first-order valence-corrected chi connectivity index (χ1v) is 6.04. The van der Waals surface area contributed by atoms with Crippen LogP contribution in [-0.2, 0) is 7.05 Å². The Kier molecular flexibility index (Phi) is 3.52. The van der Waals surface area contributed by atoms with Crippen molar-refractivity contribution in [2.45, 2.75) is 17.0 Å². The van der Waals surface area contributed by atoms with Gasteiger partial charge in [0.1, 0.15) is 6.33 Å². The molecule has 0 aliphatic heterocycles. The van der Waals surface area contributed by atoms with Crippen molar-refractivity contribution in [2.75, 3.05) is 0 Å². The van der Waals surface area contributed by atoms with E-state index in [1.54, 1.807) is 10.9 Å². The number of nitrogens with two attached hydrogens (primary N) is 1. The molecule has 18 heavy (non-hydrogen) atoms. The topological polar surface area (TPSA) is 89.3 Å². The molecular weight excluding hydrogens is 250 g/mol. The maximum absolute atomic E-state index is 8.80. The predicted molar refractivity (Wildman–Crippen MR) is 68.8 cm³/mol. The van der Waals surface area contributed by atoms with E-state index in [2.05, 4.69) is 15.4 Å². The van der Waals surface area contributed by atoms with Crippen molar-refractivity contribution in [3.8, 4) is 0 Å². The van der Waals surface area contributed by atoms with E-state index in [4.69, 9.17) is 10.9 Å². The number of oxime groups is 1. The fourth-order valence-corrected chi connectivity index (χ4v) is 2.34. The molecule has 1 aromatic carbocycles. The van der Waals surface area contributed by atoms with E-state index in [0.717, 1.165) is 15.6 Å². The van der Waals surface area contributed by atoms with Crippen LogP contribution in [-0.4, -0.2) is 25.8 Å². The van der Waals surface area contributed by atoms with E-state index in [9.17, 15) is 0 Å². The lowest BCUT2D eigenvalue weighted by molar-refractivity contribution is 0.318. The van der Waals surface area contributed by atoms with Crippen LogP contribution in [0.2, 0.25) is 0 Å². The molecule has 0 saturated heterocycles. The van der Waals surface area contributed by atoms with E-state index >= 15 is 0 Å². The first-order valence-electron chi connectivity index (χ1n) is 5.22. The van der Waals surface area contributed by atoms with Gasteiger partial charge >= 0.3 is 0 Å². The van der Waals surface area contributed by atoms with Crippen LogP contribution in [0.5, 0.6) is 0 Å². The van der Waals surface area contributed by atoms with E-state index in [1.807, 2.05) is 32.2 Å². The smallest absolute Gasteiger partial charge is 0.195 e. The van der Waals surface area contributed by atoms with Gasteiger partial charge in [-0.2, -0.15) is 0 Å². The van der Waals surface area contributed by atoms with Gasteiger partial charge < -0.3 is 15.5 Å². The molecule has 6 nitrogen and oxygen atoms in total. The summed E-state index contributed by atoms with van der Waals surface area (Å²) in [6, 6.07) is 5.75. The standard InChI is InChI=1S/C11H13N5OS/c1-7-3-4-9(8(5-7)10(12)15-17)18-11-14-13-6-16(11)2/h3-6,17H,1-2H3,(H2,12,15). The quantitative estimate of drug-likeness (QED) is 0.378. The molecule has 0 aliphatic carbocycles. The zero-order valence-electron chi connectivity index (χ0n) is 10.0. The Balaban J connectivity index is 2.42. The third-order valence-electron chi connectivity index (χ3n) is 2.39. The van der Waals surface area contributed by atoms with E-state index in [-0.39, 0.29) is 5.84 Å². The minimum Gasteiger partial charge on any atom is -0.409 e. The molecule has 1 aromatic heterocycles. The van der Waals surface area contributed by atoms with E-state index in [0.29, 0.717) is 5.56 Å². The Morgan fingerprint density at radius 1 is 1.50 bits per heavy atom. The lowest BCUT2D eigenvalue weighted by atomic mass is 10.1. The molecule has 0 spiro atoms. The van der Waals surface area contributed by atoms with Crippen LogP contribution in [0.1, 0.15) is 11.1 Å². The maximum Gasteiger partial charge on any atom is 0.195 e. The van der Waals surface area contributed by atoms with Gasteiger partial charge in [-0.15, -0.1) is 10.2 Å². The fourth-order valence-electron chi connectivity index (χ4n) is 1.45. The normalized spacial score (nSPS) is 11.8. The number of aromatic nitrogens is 3. The highest BCUT2D eigenvalue weighted by Gasteiger charge is 2.11. The summed E-state index contributed by atoms with van der Waals surface area (Å²) >= 11 is 1.42. The summed E-state index contributed by atoms with van der Waals surface area (Å²) in [5, 5.41) is 20.4. The van der Waals surface area contributed by atoms with Crippen LogP contribution in [0.25, 0.3) is 0 Å². The molecule has 3 N–H and O–H groups in total. The Labute approximate surface area is 109 Å². The first kappa shape index (κ1) is 12.4. The zero-order valence-corrected chi connectivity index (χ0v) is 10.8. The van der Waals surface area contributed by atoms with Gasteiger partial charge in [0, 0.05) is 17.5 Å². The summed E-state index contributed by atoms with van der Waals surface area (Å²) in [5.41, 5.74) is 7.40. The highest BCUT2D eigenvalue weighted by Crippen LogP contribution is 2.29. The van der Waals surface area contributed by atoms with Gasteiger partial charge in [-0.3, -0.25) is 0 Å². The number of aryl methyl sites for hydroxylation is 2. The SMILES string of the molecule is Cc1ccc(Sc2nncn2C)c(/C(N)=N/O)c1. The van der Waals surface area contributed by atoms with Crippen molar-refractivity contribution in [1.29, 1.82) is 0 Å². The van der Waals surface area contributed by atoms with Gasteiger partial charge in [0.15, 0.2) is 11.0 Å². The first-order chi connectivity index (χ1) is 8.61. The monoisotopic (exact) mass is 263 g/mol. The second-order valence-electron chi connectivity index (χ2n) is 3.81. The second-order valence-corrected chi connectivity index (χ2v) is 4.82. The summed E-state index contributed by atoms with van der Waals surface area (Å²) in [6.45, 7) is 1.95. The second kappa shape index (κ2) is 5.09. The van der Waals surface area contributed by atoms with Gasteiger partial charge in [-0.05, 0) is 30.8 Å². The molecule has 0 atom stereocenters. The third kappa shape index (κ3) is 2.45. The van der Waals surface area contributed by atoms with Gasteiger partial charge in [-0.1, -0.05) is 16.8 Å². The maximum atomic E-state index is 8.80. The molecule has 0 bridgehead atoms. The Bertz CT molecular complexity index is 593. The van der Waals surface area contributed by atoms with Gasteiger partial charge in [0.25, 0.3) is 0 Å². The van der Waals surface area contributed by atoms with Crippen molar-refractivity contribution in [2.24, 2.45) is 17.9 Å². The number of hydrogen-bond donors (Lipinski definition) is 2. The summed E-state index contributed by atoms with van der Waals surface area (Å²) in [7, 11) is 1.86. The molecule has 94 valence electrons. The molecule has 0 aliphatic rings. The number of nitrogens with zero attached hydrogens (tertiary/aromatic N) is 4. The summed E-state index contributed by atoms with van der Waals surface area (Å²) in [4.78, 5) is 0.868. The molecule has 0 fully saturated rings. The average molecular weight is 263 g/mol. The van der Waals surface area contributed by atoms with Gasteiger partial charge in [-0.25, -0.2) is 0 Å². The summed E-state index contributed by atoms with van der Waals surface area (Å²) in [6.07, 6.45) is 1.62. The minimum absolute atomic E-state index is 0.0865. The van der Waals surface area contributed by atoms with Crippen LogP contribution < -0.4 is 5.73 Å². The van der Waals surface area contributed by atoms with Crippen molar-refractivity contribution < 1.29 is 5.21 Å². The van der Waals surface area contributed by atoms with Crippen LogP contribution in [0, 0.1) is 6.92 Å². The molecule has 2 aromatic rings. The number of hydrogen-bond acceptors (Lipinski definition) is 5. The highest BCUT2D eigenvalue weighted by atomic mass is 32.2. The fraction of sp³-hybridized carbons (Fsp3) is 0.182. The van der Waals surface area contributed by atoms with Crippen LogP contribution in [0.3, 0.4) is 0 Å².